The van der Waals surface area contributed by atoms with E-state index in [2.05, 4.69) is 17.2 Å². The van der Waals surface area contributed by atoms with E-state index >= 15 is 0 Å². The van der Waals surface area contributed by atoms with Crippen LogP contribution in [0.25, 0.3) is 0 Å². The standard InChI is InChI=1S/C16H25N3OS/c1-13(8-9-17-2)21-15-7-5-6-14(12-15)16(20)18-10-11-19(3)4/h5-7,10,12-13,17H,8-9,11H2,1-4H3. The van der Waals surface area contributed by atoms with E-state index in [-0.39, 0.29) is 5.91 Å². The van der Waals surface area contributed by atoms with Crippen molar-refractivity contribution in [2.45, 2.75) is 23.5 Å². The first kappa shape index (κ1) is 17.9. The summed E-state index contributed by atoms with van der Waals surface area (Å²) in [7, 11) is 5.85. The van der Waals surface area contributed by atoms with Gasteiger partial charge in [-0.25, -0.2) is 4.99 Å². The lowest BCUT2D eigenvalue weighted by molar-refractivity contribution is 0.100. The lowest BCUT2D eigenvalue weighted by Crippen LogP contribution is -2.14. The molecule has 0 fully saturated rings. The maximum atomic E-state index is 12.0. The minimum atomic E-state index is -0.179. The predicted molar refractivity (Wildman–Crippen MR) is 91.7 cm³/mol. The van der Waals surface area contributed by atoms with Crippen LogP contribution in [-0.4, -0.2) is 56.5 Å². The van der Waals surface area contributed by atoms with Gasteiger partial charge in [-0.15, -0.1) is 11.8 Å². The van der Waals surface area contributed by atoms with E-state index in [1.54, 1.807) is 18.0 Å². The Labute approximate surface area is 132 Å². The molecule has 0 saturated heterocycles. The normalized spacial score (nSPS) is 13.0. The van der Waals surface area contributed by atoms with Crippen LogP contribution in [0.3, 0.4) is 0 Å². The number of hydrogen-bond acceptors (Lipinski definition) is 4. The maximum Gasteiger partial charge on any atom is 0.276 e. The van der Waals surface area contributed by atoms with E-state index in [0.717, 1.165) is 17.9 Å². The van der Waals surface area contributed by atoms with Crippen LogP contribution in [0, 0.1) is 0 Å². The van der Waals surface area contributed by atoms with Gasteiger partial charge in [0.1, 0.15) is 0 Å². The molecule has 1 N–H and O–H groups in total. The van der Waals surface area contributed by atoms with Crippen LogP contribution in [0.1, 0.15) is 23.7 Å². The fourth-order valence-electron chi connectivity index (χ4n) is 1.70. The molecule has 1 aromatic rings. The van der Waals surface area contributed by atoms with Gasteiger partial charge >= 0.3 is 0 Å². The topological polar surface area (TPSA) is 44.7 Å². The van der Waals surface area contributed by atoms with Crippen molar-refractivity contribution in [2.24, 2.45) is 4.99 Å². The molecule has 0 aliphatic rings. The summed E-state index contributed by atoms with van der Waals surface area (Å²) in [6, 6.07) is 7.70. The Morgan fingerprint density at radius 2 is 2.24 bits per heavy atom. The van der Waals surface area contributed by atoms with Crippen LogP contribution in [0.5, 0.6) is 0 Å². The molecular formula is C16H25N3OS. The van der Waals surface area contributed by atoms with Crippen molar-refractivity contribution in [2.75, 3.05) is 34.2 Å². The molecule has 1 unspecified atom stereocenters. The molecule has 0 bridgehead atoms. The highest BCUT2D eigenvalue weighted by atomic mass is 32.2. The van der Waals surface area contributed by atoms with Gasteiger partial charge in [0.2, 0.25) is 0 Å². The van der Waals surface area contributed by atoms with Gasteiger partial charge in [0.15, 0.2) is 0 Å². The van der Waals surface area contributed by atoms with Crippen molar-refractivity contribution in [3.63, 3.8) is 0 Å². The van der Waals surface area contributed by atoms with Gasteiger partial charge in [-0.3, -0.25) is 4.79 Å². The lowest BCUT2D eigenvalue weighted by Gasteiger charge is -2.11. The van der Waals surface area contributed by atoms with Crippen LogP contribution in [0.4, 0.5) is 0 Å². The monoisotopic (exact) mass is 307 g/mol. The molecule has 0 spiro atoms. The van der Waals surface area contributed by atoms with Crippen LogP contribution in [0.2, 0.25) is 0 Å². The minimum absolute atomic E-state index is 0.179. The summed E-state index contributed by atoms with van der Waals surface area (Å²) < 4.78 is 0. The lowest BCUT2D eigenvalue weighted by atomic mass is 10.2. The molecule has 0 radical (unpaired) electrons. The van der Waals surface area contributed by atoms with Crippen molar-refractivity contribution < 1.29 is 4.79 Å². The Kier molecular flexibility index (Phi) is 8.27. The number of aliphatic imine (C=N–C) groups is 1. The number of benzene rings is 1. The molecule has 5 heteroatoms. The van der Waals surface area contributed by atoms with E-state index in [9.17, 15) is 4.79 Å². The molecule has 0 aliphatic heterocycles. The first-order valence-electron chi connectivity index (χ1n) is 7.16. The van der Waals surface area contributed by atoms with Crippen molar-refractivity contribution in [3.8, 4) is 0 Å². The highest BCUT2D eigenvalue weighted by Crippen LogP contribution is 2.25. The summed E-state index contributed by atoms with van der Waals surface area (Å²) in [5, 5.41) is 3.67. The molecular weight excluding hydrogens is 282 g/mol. The summed E-state index contributed by atoms with van der Waals surface area (Å²) in [4.78, 5) is 19.1. The van der Waals surface area contributed by atoms with Gasteiger partial charge in [-0.1, -0.05) is 13.0 Å². The van der Waals surface area contributed by atoms with E-state index in [0.29, 0.717) is 17.4 Å². The predicted octanol–water partition coefficient (Wildman–Crippen LogP) is 2.55. The molecule has 0 saturated carbocycles. The van der Waals surface area contributed by atoms with Gasteiger partial charge in [0.25, 0.3) is 5.91 Å². The van der Waals surface area contributed by atoms with Gasteiger partial charge in [0.05, 0.1) is 0 Å². The highest BCUT2D eigenvalue weighted by molar-refractivity contribution is 7.99. The second-order valence-corrected chi connectivity index (χ2v) is 6.74. The third-order valence-corrected chi connectivity index (χ3v) is 4.04. The number of nitrogens with zero attached hydrogens (tertiary/aromatic N) is 2. The zero-order chi connectivity index (χ0) is 15.7. The summed E-state index contributed by atoms with van der Waals surface area (Å²) in [6.45, 7) is 3.87. The summed E-state index contributed by atoms with van der Waals surface area (Å²) in [5.41, 5.74) is 0.649. The third kappa shape index (κ3) is 7.41. The SMILES string of the molecule is CNCCC(C)Sc1cccc(C(=O)N=CCN(C)C)c1. The van der Waals surface area contributed by atoms with Crippen molar-refractivity contribution >= 4 is 23.9 Å². The largest absolute Gasteiger partial charge is 0.320 e. The van der Waals surface area contributed by atoms with Gasteiger partial charge in [-0.05, 0) is 52.3 Å². The minimum Gasteiger partial charge on any atom is -0.320 e. The number of thioether (sulfide) groups is 1. The number of hydrogen-bond donors (Lipinski definition) is 1. The van der Waals surface area contributed by atoms with E-state index in [1.807, 2.05) is 50.3 Å². The van der Waals surface area contributed by atoms with Crippen LogP contribution in [0.15, 0.2) is 34.2 Å². The Balaban J connectivity index is 2.63. The maximum absolute atomic E-state index is 12.0. The van der Waals surface area contributed by atoms with E-state index in [4.69, 9.17) is 0 Å². The van der Waals surface area contributed by atoms with Crippen LogP contribution in [-0.2, 0) is 0 Å². The summed E-state index contributed by atoms with van der Waals surface area (Å²) >= 11 is 1.79. The molecule has 4 nitrogen and oxygen atoms in total. The molecule has 1 aromatic carbocycles. The van der Waals surface area contributed by atoms with Crippen molar-refractivity contribution in [1.82, 2.24) is 10.2 Å². The Bertz CT molecular complexity index is 474. The second-order valence-electron chi connectivity index (χ2n) is 5.23. The average molecular weight is 307 g/mol. The molecule has 0 aliphatic carbocycles. The smallest absolute Gasteiger partial charge is 0.276 e. The number of carbonyl (C=O) groups excluding carboxylic acids is 1. The Morgan fingerprint density at radius 1 is 1.48 bits per heavy atom. The summed E-state index contributed by atoms with van der Waals surface area (Å²) in [5.74, 6) is -0.179. The van der Waals surface area contributed by atoms with Crippen molar-refractivity contribution in [3.05, 3.63) is 29.8 Å². The van der Waals surface area contributed by atoms with Gasteiger partial charge < -0.3 is 10.2 Å². The zero-order valence-electron chi connectivity index (χ0n) is 13.3. The van der Waals surface area contributed by atoms with E-state index < -0.39 is 0 Å². The van der Waals surface area contributed by atoms with Gasteiger partial charge in [-0.2, -0.15) is 0 Å². The van der Waals surface area contributed by atoms with Crippen LogP contribution >= 0.6 is 11.8 Å². The van der Waals surface area contributed by atoms with Crippen LogP contribution < -0.4 is 5.32 Å². The Hall–Kier alpha value is -1.17. The molecule has 1 atom stereocenters. The van der Waals surface area contributed by atoms with Crippen molar-refractivity contribution in [1.29, 1.82) is 0 Å². The molecule has 1 rings (SSSR count). The average Bonchev–Trinajstić information content (AvgIpc) is 2.45. The fourth-order valence-corrected chi connectivity index (χ4v) is 2.76. The second kappa shape index (κ2) is 9.71. The number of rotatable bonds is 8. The fraction of sp³-hybridized carbons (Fsp3) is 0.500. The number of amides is 1. The third-order valence-electron chi connectivity index (χ3n) is 2.87. The first-order valence-corrected chi connectivity index (χ1v) is 8.03. The quantitative estimate of drug-likeness (QED) is 0.592. The highest BCUT2D eigenvalue weighted by Gasteiger charge is 2.07. The molecule has 0 heterocycles. The molecule has 116 valence electrons. The van der Waals surface area contributed by atoms with E-state index in [1.165, 1.54) is 0 Å². The molecule has 1 amide bonds. The number of carbonyl (C=O) groups is 1. The van der Waals surface area contributed by atoms with Gasteiger partial charge in [0, 0.05) is 28.5 Å². The molecule has 21 heavy (non-hydrogen) atoms. The molecule has 0 aromatic heterocycles. The Morgan fingerprint density at radius 3 is 2.90 bits per heavy atom. The number of nitrogens with one attached hydrogen (secondary N) is 1. The first-order chi connectivity index (χ1) is 10.0. The summed E-state index contributed by atoms with van der Waals surface area (Å²) in [6.07, 6.45) is 2.75. The zero-order valence-corrected chi connectivity index (χ0v) is 14.1.